The van der Waals surface area contributed by atoms with Crippen LogP contribution in [0.5, 0.6) is 0 Å². The summed E-state index contributed by atoms with van der Waals surface area (Å²) in [5.41, 5.74) is 2.92. The lowest BCUT2D eigenvalue weighted by Gasteiger charge is -2.28. The Kier molecular flexibility index (Phi) is 6.02. The summed E-state index contributed by atoms with van der Waals surface area (Å²) in [6.07, 6.45) is 2.12. The summed E-state index contributed by atoms with van der Waals surface area (Å²) in [5, 5.41) is 2.89. The molecular weight excluding hydrogens is 252 g/mol. The molecule has 1 aromatic rings. The zero-order valence-corrected chi connectivity index (χ0v) is 12.2. The largest absolute Gasteiger partial charge is 0.372 e. The molecule has 0 atom stereocenters. The average molecular weight is 276 g/mol. The van der Waals surface area contributed by atoms with Gasteiger partial charge in [0.15, 0.2) is 0 Å². The summed E-state index contributed by atoms with van der Waals surface area (Å²) >= 11 is 0. The zero-order chi connectivity index (χ0) is 14.2. The summed E-state index contributed by atoms with van der Waals surface area (Å²) in [6.45, 7) is 6.55. The normalized spacial score (nSPS) is 14.8. The molecule has 1 aliphatic rings. The van der Waals surface area contributed by atoms with Crippen molar-refractivity contribution in [1.29, 1.82) is 0 Å². The minimum atomic E-state index is -0.0177. The Hall–Kier alpha value is -1.39. The number of fused-ring (bicyclic) bond motifs is 1. The van der Waals surface area contributed by atoms with E-state index >= 15 is 0 Å². The second kappa shape index (κ2) is 8.02. The van der Waals surface area contributed by atoms with Crippen molar-refractivity contribution in [3.05, 3.63) is 35.4 Å². The summed E-state index contributed by atoms with van der Waals surface area (Å²) < 4.78 is 5.06. The smallest absolute Gasteiger partial charge is 0.245 e. The van der Waals surface area contributed by atoms with Gasteiger partial charge in [-0.05, 0) is 30.9 Å². The van der Waals surface area contributed by atoms with E-state index in [1.165, 1.54) is 11.1 Å². The molecule has 0 fully saturated rings. The minimum Gasteiger partial charge on any atom is -0.372 e. The lowest BCUT2D eigenvalue weighted by atomic mass is 10.00. The molecule has 0 saturated carbocycles. The number of carbonyl (C=O) groups excluding carboxylic acids is 1. The standard InChI is InChI=1S/C16H24N2O2/c1-2-20-13-16(19)17-9-5-10-18-11-8-14-6-3-4-7-15(14)12-18/h3-4,6-7H,2,5,8-13H2,1H3,(H,17,19). The van der Waals surface area contributed by atoms with Gasteiger partial charge in [-0.3, -0.25) is 9.69 Å². The molecule has 0 spiro atoms. The van der Waals surface area contributed by atoms with Gasteiger partial charge in [0.05, 0.1) is 0 Å². The minimum absolute atomic E-state index is 0.0177. The van der Waals surface area contributed by atoms with Crippen molar-refractivity contribution in [2.75, 3.05) is 32.8 Å². The molecule has 2 rings (SSSR count). The SMILES string of the molecule is CCOCC(=O)NCCCN1CCc2ccccc2C1. The topological polar surface area (TPSA) is 41.6 Å². The fourth-order valence-corrected chi connectivity index (χ4v) is 2.52. The average Bonchev–Trinajstić information content (AvgIpc) is 2.49. The highest BCUT2D eigenvalue weighted by Crippen LogP contribution is 2.18. The van der Waals surface area contributed by atoms with Crippen LogP contribution in [0.1, 0.15) is 24.5 Å². The van der Waals surface area contributed by atoms with Gasteiger partial charge < -0.3 is 10.1 Å². The van der Waals surface area contributed by atoms with E-state index in [1.807, 2.05) is 6.92 Å². The monoisotopic (exact) mass is 276 g/mol. The Morgan fingerprint density at radius 2 is 2.15 bits per heavy atom. The van der Waals surface area contributed by atoms with Crippen LogP contribution in [-0.4, -0.2) is 43.7 Å². The third-order valence-corrected chi connectivity index (χ3v) is 3.62. The number of ether oxygens (including phenoxy) is 1. The van der Waals surface area contributed by atoms with Gasteiger partial charge >= 0.3 is 0 Å². The highest BCUT2D eigenvalue weighted by molar-refractivity contribution is 5.77. The van der Waals surface area contributed by atoms with Crippen molar-refractivity contribution >= 4 is 5.91 Å². The van der Waals surface area contributed by atoms with Crippen LogP contribution >= 0.6 is 0 Å². The number of rotatable bonds is 7. The van der Waals surface area contributed by atoms with Crippen molar-refractivity contribution in [2.24, 2.45) is 0 Å². The van der Waals surface area contributed by atoms with Crippen LogP contribution in [-0.2, 0) is 22.5 Å². The number of nitrogens with zero attached hydrogens (tertiary/aromatic N) is 1. The fourth-order valence-electron chi connectivity index (χ4n) is 2.52. The predicted octanol–water partition coefficient (Wildman–Crippen LogP) is 1.59. The molecule has 1 heterocycles. The molecule has 4 heteroatoms. The first kappa shape index (κ1) is 15.0. The third-order valence-electron chi connectivity index (χ3n) is 3.62. The molecule has 20 heavy (non-hydrogen) atoms. The molecule has 1 aliphatic heterocycles. The predicted molar refractivity (Wildman–Crippen MR) is 79.5 cm³/mol. The Morgan fingerprint density at radius 3 is 2.95 bits per heavy atom. The van der Waals surface area contributed by atoms with Crippen LogP contribution in [0, 0.1) is 0 Å². The van der Waals surface area contributed by atoms with E-state index in [2.05, 4.69) is 34.5 Å². The summed E-state index contributed by atoms with van der Waals surface area (Å²) in [7, 11) is 0. The van der Waals surface area contributed by atoms with Crippen molar-refractivity contribution in [2.45, 2.75) is 26.3 Å². The van der Waals surface area contributed by atoms with Crippen LogP contribution in [0.25, 0.3) is 0 Å². The van der Waals surface area contributed by atoms with Gasteiger partial charge in [-0.2, -0.15) is 0 Å². The first-order valence-corrected chi connectivity index (χ1v) is 7.43. The molecule has 0 aliphatic carbocycles. The molecule has 0 radical (unpaired) electrons. The lowest BCUT2D eigenvalue weighted by molar-refractivity contribution is -0.125. The Balaban J connectivity index is 1.63. The van der Waals surface area contributed by atoms with Crippen molar-refractivity contribution < 1.29 is 9.53 Å². The molecule has 0 saturated heterocycles. The molecule has 4 nitrogen and oxygen atoms in total. The number of nitrogens with one attached hydrogen (secondary N) is 1. The van der Waals surface area contributed by atoms with Crippen LogP contribution in [0.15, 0.2) is 24.3 Å². The van der Waals surface area contributed by atoms with Crippen molar-refractivity contribution in [3.8, 4) is 0 Å². The summed E-state index contributed by atoms with van der Waals surface area (Å²) in [6, 6.07) is 8.66. The second-order valence-electron chi connectivity index (χ2n) is 5.14. The van der Waals surface area contributed by atoms with Crippen molar-refractivity contribution in [3.63, 3.8) is 0 Å². The van der Waals surface area contributed by atoms with Gasteiger partial charge in [-0.25, -0.2) is 0 Å². The van der Waals surface area contributed by atoms with E-state index in [9.17, 15) is 4.79 Å². The number of hydrogen-bond acceptors (Lipinski definition) is 3. The van der Waals surface area contributed by atoms with Gasteiger partial charge in [-0.15, -0.1) is 0 Å². The van der Waals surface area contributed by atoms with E-state index in [4.69, 9.17) is 4.74 Å². The fraction of sp³-hybridized carbons (Fsp3) is 0.562. The van der Waals surface area contributed by atoms with E-state index in [-0.39, 0.29) is 12.5 Å². The van der Waals surface area contributed by atoms with E-state index in [1.54, 1.807) is 0 Å². The van der Waals surface area contributed by atoms with Gasteiger partial charge in [-0.1, -0.05) is 24.3 Å². The van der Waals surface area contributed by atoms with Gasteiger partial charge in [0.1, 0.15) is 6.61 Å². The molecule has 0 bridgehead atoms. The van der Waals surface area contributed by atoms with Crippen LogP contribution in [0.2, 0.25) is 0 Å². The molecule has 1 aromatic carbocycles. The van der Waals surface area contributed by atoms with E-state index in [0.717, 1.165) is 39.0 Å². The van der Waals surface area contributed by atoms with Crippen LogP contribution in [0.4, 0.5) is 0 Å². The highest BCUT2D eigenvalue weighted by Gasteiger charge is 2.14. The van der Waals surface area contributed by atoms with Crippen LogP contribution in [0.3, 0.4) is 0 Å². The number of carbonyl (C=O) groups is 1. The molecule has 110 valence electrons. The lowest BCUT2D eigenvalue weighted by Crippen LogP contribution is -2.34. The maximum absolute atomic E-state index is 11.4. The molecular formula is C16H24N2O2. The Labute approximate surface area is 121 Å². The van der Waals surface area contributed by atoms with E-state index < -0.39 is 0 Å². The Morgan fingerprint density at radius 1 is 1.35 bits per heavy atom. The number of amides is 1. The van der Waals surface area contributed by atoms with Crippen LogP contribution < -0.4 is 5.32 Å². The Bertz CT molecular complexity index is 434. The molecule has 1 amide bonds. The molecule has 1 N–H and O–H groups in total. The molecule has 0 aromatic heterocycles. The zero-order valence-electron chi connectivity index (χ0n) is 12.2. The summed E-state index contributed by atoms with van der Waals surface area (Å²) in [5.74, 6) is -0.0177. The third kappa shape index (κ3) is 4.62. The number of hydrogen-bond donors (Lipinski definition) is 1. The maximum atomic E-state index is 11.4. The summed E-state index contributed by atoms with van der Waals surface area (Å²) in [4.78, 5) is 13.8. The first-order valence-electron chi connectivity index (χ1n) is 7.43. The van der Waals surface area contributed by atoms with Gasteiger partial charge in [0, 0.05) is 32.8 Å². The maximum Gasteiger partial charge on any atom is 0.245 e. The quantitative estimate of drug-likeness (QED) is 0.769. The van der Waals surface area contributed by atoms with E-state index in [0.29, 0.717) is 6.61 Å². The van der Waals surface area contributed by atoms with Gasteiger partial charge in [0.2, 0.25) is 5.91 Å². The van der Waals surface area contributed by atoms with Gasteiger partial charge in [0.25, 0.3) is 0 Å². The first-order chi connectivity index (χ1) is 9.79. The van der Waals surface area contributed by atoms with Crippen molar-refractivity contribution in [1.82, 2.24) is 10.2 Å². The second-order valence-corrected chi connectivity index (χ2v) is 5.14. The highest BCUT2D eigenvalue weighted by atomic mass is 16.5. The number of benzene rings is 1. The molecule has 0 unspecified atom stereocenters.